The van der Waals surface area contributed by atoms with Crippen molar-refractivity contribution in [2.45, 2.75) is 67.9 Å². The quantitative estimate of drug-likeness (QED) is 0.405. The van der Waals surface area contributed by atoms with Crippen LogP contribution < -0.4 is 0 Å². The Kier molecular flexibility index (Phi) is 7.26. The maximum Gasteiger partial charge on any atom is 0.200 e. The molecular weight excluding hydrogens is 428 g/mol. The minimum atomic E-state index is -3.40. The van der Waals surface area contributed by atoms with Gasteiger partial charge in [0.15, 0.2) is 34.3 Å². The molecule has 1 saturated heterocycles. The highest BCUT2D eigenvalue weighted by Gasteiger charge is 2.79. The summed E-state index contributed by atoms with van der Waals surface area (Å²) in [6.45, 7) is 3.40. The largest absolute Gasteiger partial charge is 0.382 e. The van der Waals surface area contributed by atoms with Crippen LogP contribution in [-0.4, -0.2) is 78.0 Å². The third-order valence-corrected chi connectivity index (χ3v) is 6.91. The summed E-state index contributed by atoms with van der Waals surface area (Å²) in [4.78, 5) is 49.5. The molecule has 0 aliphatic carbocycles. The van der Waals surface area contributed by atoms with Crippen LogP contribution in [0.2, 0.25) is 0 Å². The normalized spacial score (nSPS) is 34.1. The molecule has 0 amide bonds. The average Bonchev–Trinajstić information content (AvgIpc) is 2.71. The average molecular weight is 454 g/mol. The number of Topliss-reactive ketones (excluding diaryl/α,β-unsaturated/α-hetero) is 4. The fourth-order valence-corrected chi connectivity index (χ4v) is 5.14. The number of aliphatic hydroxyl groups is 4. The summed E-state index contributed by atoms with van der Waals surface area (Å²) in [6.07, 6.45) is -4.25. The van der Waals surface area contributed by atoms with E-state index in [2.05, 4.69) is 0 Å². The van der Waals surface area contributed by atoms with Crippen molar-refractivity contribution in [3.63, 3.8) is 0 Å². The first kappa shape index (κ1) is 25.3. The van der Waals surface area contributed by atoms with Crippen molar-refractivity contribution in [3.8, 4) is 0 Å². The van der Waals surface area contributed by atoms with Crippen LogP contribution in [-0.2, 0) is 29.7 Å². The number of benzene rings is 1. The van der Waals surface area contributed by atoms with E-state index in [1.807, 2.05) is 0 Å². The predicted molar refractivity (Wildman–Crippen MR) is 110 cm³/mol. The van der Waals surface area contributed by atoms with Gasteiger partial charge in [0.2, 0.25) is 5.60 Å². The Morgan fingerprint density at radius 1 is 0.935 bits per heavy atom. The molecule has 9 nitrogen and oxygen atoms in total. The Morgan fingerprint density at radius 2 is 1.45 bits per heavy atom. The second-order valence-electron chi connectivity index (χ2n) is 7.65. The van der Waals surface area contributed by atoms with E-state index in [0.717, 1.165) is 45.0 Å². The molecule has 2 rings (SSSR count). The van der Waals surface area contributed by atoms with Crippen molar-refractivity contribution in [3.05, 3.63) is 35.9 Å². The molecule has 31 heavy (non-hydrogen) atoms. The Morgan fingerprint density at radius 3 is 1.87 bits per heavy atom. The third kappa shape index (κ3) is 3.77. The number of ether oxygens (including phenoxy) is 1. The van der Waals surface area contributed by atoms with Gasteiger partial charge >= 0.3 is 0 Å². The molecule has 0 saturated carbocycles. The molecule has 10 heteroatoms. The second-order valence-corrected chi connectivity index (χ2v) is 8.70. The summed E-state index contributed by atoms with van der Waals surface area (Å²) in [5.41, 5.74) is -10.7. The number of carbonyl (C=O) groups excluding carboxylic acids is 4. The summed E-state index contributed by atoms with van der Waals surface area (Å²) in [5.74, 6) is -4.52. The van der Waals surface area contributed by atoms with E-state index in [1.54, 1.807) is 30.3 Å². The summed E-state index contributed by atoms with van der Waals surface area (Å²) in [5, 5.41) is 44.3. The Bertz CT molecular complexity index is 888. The van der Waals surface area contributed by atoms with Crippen molar-refractivity contribution in [2.24, 2.45) is 0 Å². The van der Waals surface area contributed by atoms with Crippen LogP contribution in [0.5, 0.6) is 0 Å². The SMILES string of the molecule is CC(=O)C(O)[C@H]1O[C@@H](SCc2ccccc2)[C@@](O)(C(C)=O)[C@](O)(C(C)=O)[C@]1(O)C(C)=O. The van der Waals surface area contributed by atoms with Crippen molar-refractivity contribution in [2.75, 3.05) is 0 Å². The summed E-state index contributed by atoms with van der Waals surface area (Å²) < 4.78 is 5.57. The molecule has 1 aliphatic heterocycles. The highest BCUT2D eigenvalue weighted by molar-refractivity contribution is 7.99. The molecule has 1 heterocycles. The van der Waals surface area contributed by atoms with E-state index < -0.39 is 57.6 Å². The maximum absolute atomic E-state index is 12.6. The zero-order valence-corrected chi connectivity index (χ0v) is 18.4. The van der Waals surface area contributed by atoms with Gasteiger partial charge in [-0.2, -0.15) is 0 Å². The van der Waals surface area contributed by atoms with Crippen LogP contribution in [0.1, 0.15) is 33.3 Å². The Labute approximate surface area is 183 Å². The van der Waals surface area contributed by atoms with Crippen LogP contribution in [0.15, 0.2) is 30.3 Å². The number of aliphatic hydroxyl groups excluding tert-OH is 1. The highest BCUT2D eigenvalue weighted by Crippen LogP contribution is 2.50. The van der Waals surface area contributed by atoms with E-state index in [0.29, 0.717) is 0 Å². The van der Waals surface area contributed by atoms with Crippen molar-refractivity contribution in [1.29, 1.82) is 0 Å². The molecule has 0 radical (unpaired) electrons. The first-order valence-corrected chi connectivity index (χ1v) is 10.5. The molecule has 1 unspecified atom stereocenters. The first-order chi connectivity index (χ1) is 14.3. The van der Waals surface area contributed by atoms with Crippen molar-refractivity contribution >= 4 is 34.9 Å². The molecule has 0 aromatic heterocycles. The number of thioether (sulfide) groups is 1. The van der Waals surface area contributed by atoms with Gasteiger partial charge in [-0.3, -0.25) is 19.2 Å². The molecule has 4 N–H and O–H groups in total. The number of rotatable bonds is 8. The minimum Gasteiger partial charge on any atom is -0.382 e. The number of ketones is 4. The predicted octanol–water partition coefficient (Wildman–Crippen LogP) is -0.445. The van der Waals surface area contributed by atoms with Gasteiger partial charge in [0, 0.05) is 5.75 Å². The lowest BCUT2D eigenvalue weighted by Gasteiger charge is -2.58. The molecule has 1 aromatic carbocycles. The van der Waals surface area contributed by atoms with E-state index in [-0.39, 0.29) is 5.75 Å². The fraction of sp³-hybridized carbons (Fsp3) is 0.524. The van der Waals surface area contributed by atoms with Crippen molar-refractivity contribution < 1.29 is 44.3 Å². The lowest BCUT2D eigenvalue weighted by atomic mass is 9.60. The first-order valence-electron chi connectivity index (χ1n) is 9.45. The number of carbonyl (C=O) groups is 4. The van der Waals surface area contributed by atoms with E-state index in [4.69, 9.17) is 4.74 Å². The Hall–Kier alpha value is -1.95. The maximum atomic E-state index is 12.6. The second kappa shape index (κ2) is 8.89. The molecular formula is C21H26O9S. The minimum absolute atomic E-state index is 0.135. The van der Waals surface area contributed by atoms with Crippen LogP contribution in [0, 0.1) is 0 Å². The molecule has 0 spiro atoms. The van der Waals surface area contributed by atoms with Gasteiger partial charge < -0.3 is 25.2 Å². The van der Waals surface area contributed by atoms with E-state index in [1.165, 1.54) is 0 Å². The topological polar surface area (TPSA) is 158 Å². The third-order valence-electron chi connectivity index (χ3n) is 5.66. The monoisotopic (exact) mass is 454 g/mol. The van der Waals surface area contributed by atoms with Gasteiger partial charge in [0.25, 0.3) is 0 Å². The molecule has 1 aliphatic rings. The van der Waals surface area contributed by atoms with Crippen LogP contribution in [0.4, 0.5) is 0 Å². The summed E-state index contributed by atoms with van der Waals surface area (Å²) in [7, 11) is 0. The van der Waals surface area contributed by atoms with Gasteiger partial charge in [-0.1, -0.05) is 30.3 Å². The zero-order valence-electron chi connectivity index (χ0n) is 17.6. The van der Waals surface area contributed by atoms with Crippen LogP contribution >= 0.6 is 11.8 Å². The van der Waals surface area contributed by atoms with E-state index >= 15 is 0 Å². The van der Waals surface area contributed by atoms with Gasteiger partial charge in [0.05, 0.1) is 0 Å². The number of hydrogen-bond acceptors (Lipinski definition) is 10. The van der Waals surface area contributed by atoms with Gasteiger partial charge in [-0.15, -0.1) is 11.8 Å². The van der Waals surface area contributed by atoms with Gasteiger partial charge in [0.1, 0.15) is 17.6 Å². The molecule has 0 bridgehead atoms. The van der Waals surface area contributed by atoms with Crippen LogP contribution in [0.25, 0.3) is 0 Å². The molecule has 1 fully saturated rings. The molecule has 170 valence electrons. The lowest BCUT2D eigenvalue weighted by Crippen LogP contribution is -2.86. The summed E-state index contributed by atoms with van der Waals surface area (Å²) in [6, 6.07) is 8.76. The number of hydrogen-bond donors (Lipinski definition) is 4. The van der Waals surface area contributed by atoms with Gasteiger partial charge in [-0.25, -0.2) is 0 Å². The molecule has 1 aromatic rings. The standard InChI is InChI=1S/C21H26O9S/c1-11(22)16(26)17-19(27,12(2)23)21(29,14(4)25)20(28,13(3)24)18(30-17)31-10-15-8-6-5-7-9-15/h5-9,16-18,26-29H,10H2,1-4H3/t16?,17-,18+,19+,20+,21+/m1/s1. The van der Waals surface area contributed by atoms with Crippen molar-refractivity contribution in [1.82, 2.24) is 0 Å². The summed E-state index contributed by atoms with van der Waals surface area (Å²) >= 11 is 0.801. The lowest BCUT2D eigenvalue weighted by molar-refractivity contribution is -0.311. The van der Waals surface area contributed by atoms with Gasteiger partial charge in [-0.05, 0) is 33.3 Å². The van der Waals surface area contributed by atoms with E-state index in [9.17, 15) is 39.6 Å². The van der Waals surface area contributed by atoms with Crippen LogP contribution in [0.3, 0.4) is 0 Å². The Balaban J connectivity index is 2.71. The smallest absolute Gasteiger partial charge is 0.200 e. The molecule has 6 atom stereocenters. The zero-order chi connectivity index (χ0) is 23.8. The highest BCUT2D eigenvalue weighted by atomic mass is 32.2. The fourth-order valence-electron chi connectivity index (χ4n) is 3.83.